The number of hydrogen-bond donors (Lipinski definition) is 1. The van der Waals surface area contributed by atoms with E-state index in [-0.39, 0.29) is 10.8 Å². The van der Waals surface area contributed by atoms with Crippen molar-refractivity contribution in [3.8, 4) is 0 Å². The average Bonchev–Trinajstić information content (AvgIpc) is 2.27. The minimum atomic E-state index is -3.81. The van der Waals surface area contributed by atoms with E-state index in [0.29, 0.717) is 18.5 Å². The van der Waals surface area contributed by atoms with Crippen LogP contribution in [0.2, 0.25) is 0 Å². The highest BCUT2D eigenvalue weighted by Gasteiger charge is 2.16. The van der Waals surface area contributed by atoms with E-state index in [2.05, 4.69) is 5.32 Å². The van der Waals surface area contributed by atoms with Crippen LogP contribution in [0.5, 0.6) is 0 Å². The summed E-state index contributed by atoms with van der Waals surface area (Å²) in [4.78, 5) is 11.7. The number of hydrogen-bond acceptors (Lipinski definition) is 3. The topological polar surface area (TPSA) is 63.2 Å². The number of carbonyl (C=O) groups is 1. The fraction of sp³-hybridized carbons (Fsp3) is 0.364. The standard InChI is InChI=1S/C11H14ClNO3S/c1-3-8-5-6-9(17(12,15)16)7-10(8)11(14)13-4-2/h5-7H,3-4H2,1-2H3,(H,13,14). The van der Waals surface area contributed by atoms with Crippen molar-refractivity contribution in [2.24, 2.45) is 0 Å². The number of nitrogens with one attached hydrogen (secondary N) is 1. The lowest BCUT2D eigenvalue weighted by Gasteiger charge is -2.09. The second-order valence-corrected chi connectivity index (χ2v) is 6.04. The van der Waals surface area contributed by atoms with Crippen molar-refractivity contribution in [1.29, 1.82) is 0 Å². The van der Waals surface area contributed by atoms with Crippen molar-refractivity contribution in [2.45, 2.75) is 25.2 Å². The number of halogens is 1. The zero-order valence-corrected chi connectivity index (χ0v) is 11.2. The molecule has 0 aliphatic carbocycles. The molecule has 0 unspecified atom stereocenters. The molecule has 1 N–H and O–H groups in total. The molecule has 0 atom stereocenters. The normalized spacial score (nSPS) is 11.2. The SMILES string of the molecule is CCNC(=O)c1cc(S(=O)(=O)Cl)ccc1CC. The zero-order valence-electron chi connectivity index (χ0n) is 9.66. The predicted octanol–water partition coefficient (Wildman–Crippen LogP) is 1.93. The summed E-state index contributed by atoms with van der Waals surface area (Å²) in [7, 11) is 1.44. The van der Waals surface area contributed by atoms with Gasteiger partial charge in [0, 0.05) is 22.8 Å². The van der Waals surface area contributed by atoms with Crippen LogP contribution in [0.15, 0.2) is 23.1 Å². The summed E-state index contributed by atoms with van der Waals surface area (Å²) in [5.41, 5.74) is 1.15. The number of carbonyl (C=O) groups excluding carboxylic acids is 1. The lowest BCUT2D eigenvalue weighted by Crippen LogP contribution is -2.24. The molecule has 1 amide bonds. The Morgan fingerprint density at radius 1 is 1.35 bits per heavy atom. The highest BCUT2D eigenvalue weighted by molar-refractivity contribution is 8.13. The molecule has 0 saturated heterocycles. The van der Waals surface area contributed by atoms with Gasteiger partial charge < -0.3 is 5.32 Å². The fourth-order valence-electron chi connectivity index (χ4n) is 1.48. The monoisotopic (exact) mass is 275 g/mol. The molecule has 0 aliphatic rings. The van der Waals surface area contributed by atoms with Gasteiger partial charge in [0.15, 0.2) is 0 Å². The van der Waals surface area contributed by atoms with Crippen molar-refractivity contribution in [1.82, 2.24) is 5.32 Å². The summed E-state index contributed by atoms with van der Waals surface area (Å²) in [6.45, 7) is 4.18. The Bertz CT molecular complexity index is 526. The maximum atomic E-state index is 11.8. The molecule has 1 aromatic rings. The van der Waals surface area contributed by atoms with E-state index in [4.69, 9.17) is 10.7 Å². The Balaban J connectivity index is 3.30. The first kappa shape index (κ1) is 14.0. The van der Waals surface area contributed by atoms with Crippen LogP contribution in [0.25, 0.3) is 0 Å². The molecule has 1 rings (SSSR count). The van der Waals surface area contributed by atoms with Crippen LogP contribution in [-0.2, 0) is 15.5 Å². The summed E-state index contributed by atoms with van der Waals surface area (Å²) >= 11 is 0. The maximum Gasteiger partial charge on any atom is 0.261 e. The maximum absolute atomic E-state index is 11.8. The highest BCUT2D eigenvalue weighted by Crippen LogP contribution is 2.20. The van der Waals surface area contributed by atoms with Crippen LogP contribution < -0.4 is 5.32 Å². The van der Waals surface area contributed by atoms with Crippen LogP contribution in [0.3, 0.4) is 0 Å². The molecule has 17 heavy (non-hydrogen) atoms. The minimum Gasteiger partial charge on any atom is -0.352 e. The first-order chi connectivity index (χ1) is 7.90. The van der Waals surface area contributed by atoms with Crippen molar-refractivity contribution < 1.29 is 13.2 Å². The molecule has 0 fully saturated rings. The van der Waals surface area contributed by atoms with Crippen LogP contribution in [0, 0.1) is 0 Å². The summed E-state index contributed by atoms with van der Waals surface area (Å²) in [6.07, 6.45) is 0.648. The van der Waals surface area contributed by atoms with Gasteiger partial charge in [-0.25, -0.2) is 8.42 Å². The number of benzene rings is 1. The van der Waals surface area contributed by atoms with E-state index in [9.17, 15) is 13.2 Å². The van der Waals surface area contributed by atoms with Gasteiger partial charge in [0.2, 0.25) is 0 Å². The molecule has 0 aromatic heterocycles. The lowest BCUT2D eigenvalue weighted by atomic mass is 10.0. The average molecular weight is 276 g/mol. The number of amides is 1. The molecule has 1 aromatic carbocycles. The first-order valence-corrected chi connectivity index (χ1v) is 7.56. The van der Waals surface area contributed by atoms with Crippen LogP contribution in [-0.4, -0.2) is 20.9 Å². The molecule has 0 aliphatic heterocycles. The van der Waals surface area contributed by atoms with Gasteiger partial charge in [0.1, 0.15) is 0 Å². The first-order valence-electron chi connectivity index (χ1n) is 5.26. The third kappa shape index (κ3) is 3.44. The third-order valence-corrected chi connectivity index (χ3v) is 3.68. The largest absolute Gasteiger partial charge is 0.352 e. The van der Waals surface area contributed by atoms with E-state index >= 15 is 0 Å². The zero-order chi connectivity index (χ0) is 13.1. The molecule has 4 nitrogen and oxygen atoms in total. The molecule has 0 bridgehead atoms. The van der Waals surface area contributed by atoms with E-state index in [0.717, 1.165) is 5.56 Å². The van der Waals surface area contributed by atoms with Crippen molar-refractivity contribution >= 4 is 25.6 Å². The van der Waals surface area contributed by atoms with Gasteiger partial charge in [0.25, 0.3) is 15.0 Å². The number of aryl methyl sites for hydroxylation is 1. The van der Waals surface area contributed by atoms with E-state index in [1.807, 2.05) is 6.92 Å². The van der Waals surface area contributed by atoms with Crippen LogP contribution in [0.4, 0.5) is 0 Å². The van der Waals surface area contributed by atoms with Crippen molar-refractivity contribution in [3.63, 3.8) is 0 Å². The Morgan fingerprint density at radius 2 is 2.00 bits per heavy atom. The van der Waals surface area contributed by atoms with Crippen LogP contribution >= 0.6 is 10.7 Å². The van der Waals surface area contributed by atoms with Gasteiger partial charge in [-0.15, -0.1) is 0 Å². The summed E-state index contributed by atoms with van der Waals surface area (Å²) in [5.74, 6) is -0.286. The summed E-state index contributed by atoms with van der Waals surface area (Å²) in [6, 6.07) is 4.33. The highest BCUT2D eigenvalue weighted by atomic mass is 35.7. The molecule has 0 heterocycles. The molecular formula is C11H14ClNO3S. The fourth-order valence-corrected chi connectivity index (χ4v) is 2.26. The predicted molar refractivity (Wildman–Crippen MR) is 66.9 cm³/mol. The van der Waals surface area contributed by atoms with Crippen LogP contribution in [0.1, 0.15) is 29.8 Å². The second-order valence-electron chi connectivity index (χ2n) is 3.47. The van der Waals surface area contributed by atoms with Crippen molar-refractivity contribution in [3.05, 3.63) is 29.3 Å². The van der Waals surface area contributed by atoms with Gasteiger partial charge in [-0.2, -0.15) is 0 Å². The number of rotatable bonds is 4. The lowest BCUT2D eigenvalue weighted by molar-refractivity contribution is 0.0954. The quantitative estimate of drug-likeness (QED) is 0.854. The third-order valence-electron chi connectivity index (χ3n) is 2.33. The minimum absolute atomic E-state index is 0.0578. The smallest absolute Gasteiger partial charge is 0.261 e. The molecule has 0 spiro atoms. The second kappa shape index (κ2) is 5.51. The Labute approximate surface area is 105 Å². The molecule has 6 heteroatoms. The van der Waals surface area contributed by atoms with Gasteiger partial charge in [-0.1, -0.05) is 13.0 Å². The Morgan fingerprint density at radius 3 is 2.47 bits per heavy atom. The molecule has 94 valence electrons. The molecule has 0 radical (unpaired) electrons. The molecular weight excluding hydrogens is 262 g/mol. The molecule has 0 saturated carbocycles. The van der Waals surface area contributed by atoms with E-state index < -0.39 is 9.05 Å². The summed E-state index contributed by atoms with van der Waals surface area (Å²) < 4.78 is 22.4. The Hall–Kier alpha value is -1.07. The Kier molecular flexibility index (Phi) is 4.54. The van der Waals surface area contributed by atoms with E-state index in [1.165, 1.54) is 12.1 Å². The van der Waals surface area contributed by atoms with Crippen molar-refractivity contribution in [2.75, 3.05) is 6.54 Å². The summed E-state index contributed by atoms with van der Waals surface area (Å²) in [5, 5.41) is 2.64. The van der Waals surface area contributed by atoms with Gasteiger partial charge >= 0.3 is 0 Å². The van der Waals surface area contributed by atoms with Gasteiger partial charge in [-0.3, -0.25) is 4.79 Å². The van der Waals surface area contributed by atoms with E-state index in [1.54, 1.807) is 13.0 Å². The van der Waals surface area contributed by atoms with Gasteiger partial charge in [-0.05, 0) is 31.0 Å². The van der Waals surface area contributed by atoms with Gasteiger partial charge in [0.05, 0.1) is 4.90 Å².